The van der Waals surface area contributed by atoms with Crippen LogP contribution < -0.4 is 11.1 Å². The number of halogens is 1. The predicted octanol–water partition coefficient (Wildman–Crippen LogP) is 1.07. The van der Waals surface area contributed by atoms with Gasteiger partial charge in [0.25, 0.3) is 0 Å². The van der Waals surface area contributed by atoms with E-state index in [4.69, 9.17) is 10.5 Å². The van der Waals surface area contributed by atoms with Crippen LogP contribution in [0.5, 0.6) is 0 Å². The van der Waals surface area contributed by atoms with Crippen LogP contribution in [0.4, 0.5) is 10.1 Å². The summed E-state index contributed by atoms with van der Waals surface area (Å²) in [6.45, 7) is 1.93. The van der Waals surface area contributed by atoms with Gasteiger partial charge in [0.15, 0.2) is 5.82 Å². The predicted molar refractivity (Wildman–Crippen MR) is 52.4 cm³/mol. The molecule has 1 aromatic rings. The van der Waals surface area contributed by atoms with E-state index in [0.29, 0.717) is 18.8 Å². The molecule has 0 amide bonds. The van der Waals surface area contributed by atoms with Gasteiger partial charge in [-0.05, 0) is 6.07 Å². The molecule has 0 unspecified atom stereocenters. The van der Waals surface area contributed by atoms with Crippen LogP contribution in [0, 0.1) is 5.82 Å². The summed E-state index contributed by atoms with van der Waals surface area (Å²) in [5.74, 6) is -0.337. The zero-order valence-corrected chi connectivity index (χ0v) is 7.79. The fourth-order valence-electron chi connectivity index (χ4n) is 1.60. The first-order chi connectivity index (χ1) is 6.79. The Bertz CT molecular complexity index is 324. The van der Waals surface area contributed by atoms with Crippen molar-refractivity contribution in [3.63, 3.8) is 0 Å². The van der Waals surface area contributed by atoms with Crippen LogP contribution in [0.1, 0.15) is 11.6 Å². The molecular formula is C10H13FN2O. The first kappa shape index (κ1) is 9.43. The Morgan fingerprint density at radius 3 is 3.07 bits per heavy atom. The van der Waals surface area contributed by atoms with Gasteiger partial charge in [-0.3, -0.25) is 0 Å². The summed E-state index contributed by atoms with van der Waals surface area (Å²) in [6.07, 6.45) is 0. The number of nitrogens with one attached hydrogen (secondary N) is 1. The van der Waals surface area contributed by atoms with Crippen LogP contribution in [0.3, 0.4) is 0 Å². The van der Waals surface area contributed by atoms with Gasteiger partial charge in [0, 0.05) is 12.1 Å². The Morgan fingerprint density at radius 2 is 2.36 bits per heavy atom. The minimum atomic E-state index is -0.337. The highest BCUT2D eigenvalue weighted by Gasteiger charge is 2.19. The number of anilines is 1. The number of morpholine rings is 1. The molecule has 1 fully saturated rings. The lowest BCUT2D eigenvalue weighted by Gasteiger charge is -2.24. The maximum Gasteiger partial charge on any atom is 0.150 e. The van der Waals surface area contributed by atoms with Gasteiger partial charge >= 0.3 is 0 Å². The average Bonchev–Trinajstić information content (AvgIpc) is 2.23. The Balaban J connectivity index is 2.26. The number of nitrogens with two attached hydrogens (primary N) is 1. The Labute approximate surface area is 82.1 Å². The highest BCUT2D eigenvalue weighted by atomic mass is 19.1. The molecule has 1 aliphatic rings. The Kier molecular flexibility index (Phi) is 2.65. The molecule has 0 saturated carbocycles. The molecular weight excluding hydrogens is 183 g/mol. The fraction of sp³-hybridized carbons (Fsp3) is 0.400. The third-order valence-electron chi connectivity index (χ3n) is 2.36. The number of hydrogen-bond acceptors (Lipinski definition) is 3. The molecule has 2 rings (SSSR count). The molecule has 0 bridgehead atoms. The first-order valence-electron chi connectivity index (χ1n) is 4.64. The lowest BCUT2D eigenvalue weighted by Crippen LogP contribution is -2.35. The van der Waals surface area contributed by atoms with E-state index in [-0.39, 0.29) is 17.5 Å². The molecule has 76 valence electrons. The third kappa shape index (κ3) is 1.71. The van der Waals surface area contributed by atoms with E-state index in [1.165, 1.54) is 0 Å². The van der Waals surface area contributed by atoms with Crippen molar-refractivity contribution >= 4 is 5.69 Å². The maximum atomic E-state index is 13.6. The first-order valence-corrected chi connectivity index (χ1v) is 4.64. The van der Waals surface area contributed by atoms with Crippen LogP contribution in [0.25, 0.3) is 0 Å². The van der Waals surface area contributed by atoms with Gasteiger partial charge in [0.1, 0.15) is 0 Å². The monoisotopic (exact) mass is 196 g/mol. The smallest absolute Gasteiger partial charge is 0.150 e. The molecule has 0 spiro atoms. The van der Waals surface area contributed by atoms with E-state index >= 15 is 0 Å². The molecule has 1 aliphatic heterocycles. The number of ether oxygens (including phenoxy) is 1. The quantitative estimate of drug-likeness (QED) is 0.660. The van der Waals surface area contributed by atoms with Crippen LogP contribution in [-0.4, -0.2) is 19.8 Å². The summed E-state index contributed by atoms with van der Waals surface area (Å²) in [4.78, 5) is 0. The Hall–Kier alpha value is -1.13. The van der Waals surface area contributed by atoms with E-state index < -0.39 is 0 Å². The second kappa shape index (κ2) is 3.94. The lowest BCUT2D eigenvalue weighted by atomic mass is 10.1. The van der Waals surface area contributed by atoms with E-state index in [0.717, 1.165) is 6.54 Å². The van der Waals surface area contributed by atoms with Crippen LogP contribution in [-0.2, 0) is 4.74 Å². The molecule has 1 atom stereocenters. The van der Waals surface area contributed by atoms with E-state index in [2.05, 4.69) is 5.32 Å². The number of nitrogen functional groups attached to an aromatic ring is 1. The van der Waals surface area contributed by atoms with Crippen molar-refractivity contribution in [3.05, 3.63) is 29.6 Å². The standard InChI is InChI=1S/C10H13FN2O/c11-10-7(2-1-3-8(10)12)9-6-14-5-4-13-9/h1-3,9,13H,4-6,12H2/t9-/m1/s1. The van der Waals surface area contributed by atoms with Crippen molar-refractivity contribution < 1.29 is 9.13 Å². The van der Waals surface area contributed by atoms with Crippen LogP contribution >= 0.6 is 0 Å². The van der Waals surface area contributed by atoms with Crippen molar-refractivity contribution in [1.29, 1.82) is 0 Å². The molecule has 1 aromatic carbocycles. The molecule has 1 heterocycles. The highest BCUT2D eigenvalue weighted by molar-refractivity contribution is 5.44. The normalized spacial score (nSPS) is 22.2. The van der Waals surface area contributed by atoms with Gasteiger partial charge in [-0.2, -0.15) is 0 Å². The van der Waals surface area contributed by atoms with E-state index in [1.54, 1.807) is 18.2 Å². The van der Waals surface area contributed by atoms with Crippen molar-refractivity contribution in [1.82, 2.24) is 5.32 Å². The molecule has 1 saturated heterocycles. The summed E-state index contributed by atoms with van der Waals surface area (Å²) in [5, 5.41) is 3.18. The maximum absolute atomic E-state index is 13.6. The number of benzene rings is 1. The molecule has 14 heavy (non-hydrogen) atoms. The van der Waals surface area contributed by atoms with Crippen molar-refractivity contribution in [3.8, 4) is 0 Å². The molecule has 4 heteroatoms. The Morgan fingerprint density at radius 1 is 1.50 bits per heavy atom. The second-order valence-electron chi connectivity index (χ2n) is 3.33. The van der Waals surface area contributed by atoms with Gasteiger partial charge in [-0.15, -0.1) is 0 Å². The van der Waals surface area contributed by atoms with Crippen molar-refractivity contribution in [2.45, 2.75) is 6.04 Å². The minimum Gasteiger partial charge on any atom is -0.396 e. The highest BCUT2D eigenvalue weighted by Crippen LogP contribution is 2.22. The molecule has 3 nitrogen and oxygen atoms in total. The topological polar surface area (TPSA) is 47.3 Å². The van der Waals surface area contributed by atoms with Crippen molar-refractivity contribution in [2.24, 2.45) is 0 Å². The summed E-state index contributed by atoms with van der Waals surface area (Å²) in [5.41, 5.74) is 6.26. The average molecular weight is 196 g/mol. The van der Waals surface area contributed by atoms with Crippen LogP contribution in [0.2, 0.25) is 0 Å². The van der Waals surface area contributed by atoms with Gasteiger partial charge in [0.05, 0.1) is 24.9 Å². The molecule has 3 N–H and O–H groups in total. The fourth-order valence-corrected chi connectivity index (χ4v) is 1.60. The summed E-state index contributed by atoms with van der Waals surface area (Å²) in [6, 6.07) is 4.97. The SMILES string of the molecule is Nc1cccc([C@H]2COCCN2)c1F. The van der Waals surface area contributed by atoms with E-state index in [9.17, 15) is 4.39 Å². The summed E-state index contributed by atoms with van der Waals surface area (Å²) < 4.78 is 18.8. The summed E-state index contributed by atoms with van der Waals surface area (Å²) >= 11 is 0. The third-order valence-corrected chi connectivity index (χ3v) is 2.36. The van der Waals surface area contributed by atoms with Gasteiger partial charge in [0.2, 0.25) is 0 Å². The van der Waals surface area contributed by atoms with Crippen LogP contribution in [0.15, 0.2) is 18.2 Å². The summed E-state index contributed by atoms with van der Waals surface area (Å²) in [7, 11) is 0. The molecule has 0 aromatic heterocycles. The molecule has 0 radical (unpaired) electrons. The molecule has 0 aliphatic carbocycles. The van der Waals surface area contributed by atoms with Gasteiger partial charge < -0.3 is 15.8 Å². The number of hydrogen-bond donors (Lipinski definition) is 2. The van der Waals surface area contributed by atoms with E-state index in [1.807, 2.05) is 0 Å². The second-order valence-corrected chi connectivity index (χ2v) is 3.33. The zero-order chi connectivity index (χ0) is 9.97. The minimum absolute atomic E-state index is 0.0766. The van der Waals surface area contributed by atoms with Crippen molar-refractivity contribution in [2.75, 3.05) is 25.5 Å². The van der Waals surface area contributed by atoms with Gasteiger partial charge in [-0.25, -0.2) is 4.39 Å². The largest absolute Gasteiger partial charge is 0.396 e. The zero-order valence-electron chi connectivity index (χ0n) is 7.79. The lowest BCUT2D eigenvalue weighted by molar-refractivity contribution is 0.0758. The van der Waals surface area contributed by atoms with Gasteiger partial charge in [-0.1, -0.05) is 12.1 Å². The number of rotatable bonds is 1.